The summed E-state index contributed by atoms with van der Waals surface area (Å²) in [5, 5.41) is 6.32. The Labute approximate surface area is 77.5 Å². The lowest BCUT2D eigenvalue weighted by atomic mass is 10.2. The largest absolute Gasteiger partial charge is 0.372 e. The summed E-state index contributed by atoms with van der Waals surface area (Å²) in [6, 6.07) is -0.308. The molecule has 74 valence electrons. The van der Waals surface area contributed by atoms with Crippen molar-refractivity contribution in [2.75, 3.05) is 13.7 Å². The molecule has 0 aromatic heterocycles. The number of hydrazone groups is 1. The smallest absolute Gasteiger partial charge is 0.334 e. The molecule has 1 rings (SSSR count). The van der Waals surface area contributed by atoms with E-state index >= 15 is 0 Å². The zero-order chi connectivity index (χ0) is 9.68. The first-order valence-electron chi connectivity index (χ1n) is 4.37. The first-order valence-corrected chi connectivity index (χ1v) is 4.37. The van der Waals surface area contributed by atoms with Gasteiger partial charge in [-0.15, -0.1) is 0 Å². The Balaban J connectivity index is 2.36. The summed E-state index contributed by atoms with van der Waals surface area (Å²) < 4.78 is 5.38. The summed E-state index contributed by atoms with van der Waals surface area (Å²) in [7, 11) is 1.55. The van der Waals surface area contributed by atoms with Crippen LogP contribution >= 0.6 is 0 Å². The van der Waals surface area contributed by atoms with E-state index in [9.17, 15) is 4.79 Å². The molecule has 1 fully saturated rings. The second-order valence-electron chi connectivity index (χ2n) is 2.95. The third-order valence-electron chi connectivity index (χ3n) is 1.96. The fourth-order valence-electron chi connectivity index (χ4n) is 1.17. The van der Waals surface area contributed by atoms with Gasteiger partial charge >= 0.3 is 6.03 Å². The standard InChI is InChI=1S/C8H15N3O2/c1-6(7-4-3-5-13-7)10-11-8(12)9-2/h7H,3-5H2,1-2H3,(H2,9,11,12)/b10-6+. The lowest BCUT2D eigenvalue weighted by Gasteiger charge is -2.08. The number of hydrogen-bond donors (Lipinski definition) is 2. The van der Waals surface area contributed by atoms with Crippen LogP contribution in [0.25, 0.3) is 0 Å². The Morgan fingerprint density at radius 3 is 2.92 bits per heavy atom. The van der Waals surface area contributed by atoms with Gasteiger partial charge in [-0.25, -0.2) is 10.2 Å². The van der Waals surface area contributed by atoms with Crippen molar-refractivity contribution in [1.82, 2.24) is 10.7 Å². The molecule has 0 saturated carbocycles. The van der Waals surface area contributed by atoms with Gasteiger partial charge in [0, 0.05) is 13.7 Å². The van der Waals surface area contributed by atoms with Crippen LogP contribution in [0.15, 0.2) is 5.10 Å². The summed E-state index contributed by atoms with van der Waals surface area (Å²) in [4.78, 5) is 10.8. The zero-order valence-electron chi connectivity index (χ0n) is 7.96. The number of hydrogen-bond acceptors (Lipinski definition) is 3. The molecule has 0 radical (unpaired) electrons. The Morgan fingerprint density at radius 2 is 2.38 bits per heavy atom. The Morgan fingerprint density at radius 1 is 1.62 bits per heavy atom. The van der Waals surface area contributed by atoms with Crippen LogP contribution in [0.1, 0.15) is 19.8 Å². The minimum Gasteiger partial charge on any atom is -0.372 e. The molecule has 0 aromatic carbocycles. The predicted octanol–water partition coefficient (Wildman–Crippen LogP) is 0.470. The summed E-state index contributed by atoms with van der Waals surface area (Å²) in [6.07, 6.45) is 2.14. The molecule has 13 heavy (non-hydrogen) atoms. The zero-order valence-corrected chi connectivity index (χ0v) is 7.96. The van der Waals surface area contributed by atoms with Crippen LogP contribution in [0.4, 0.5) is 4.79 Å². The quantitative estimate of drug-likeness (QED) is 0.485. The highest BCUT2D eigenvalue weighted by molar-refractivity contribution is 5.87. The molecule has 0 aromatic rings. The van der Waals surface area contributed by atoms with Gasteiger partial charge in [0.05, 0.1) is 11.8 Å². The summed E-state index contributed by atoms with van der Waals surface area (Å²) in [5.74, 6) is 0. The van der Waals surface area contributed by atoms with Gasteiger partial charge in [0.1, 0.15) is 0 Å². The third kappa shape index (κ3) is 3.02. The molecule has 2 N–H and O–H groups in total. The van der Waals surface area contributed by atoms with Crippen molar-refractivity contribution in [3.05, 3.63) is 0 Å². The Kier molecular flexibility index (Phi) is 3.70. The van der Waals surface area contributed by atoms with E-state index in [0.717, 1.165) is 25.2 Å². The van der Waals surface area contributed by atoms with E-state index in [2.05, 4.69) is 15.8 Å². The van der Waals surface area contributed by atoms with Crippen LogP contribution in [-0.4, -0.2) is 31.5 Å². The molecule has 0 bridgehead atoms. The summed E-state index contributed by atoms with van der Waals surface area (Å²) in [5.41, 5.74) is 3.19. The molecular weight excluding hydrogens is 170 g/mol. The molecular formula is C8H15N3O2. The Bertz CT molecular complexity index is 209. The van der Waals surface area contributed by atoms with Crippen LogP contribution in [0, 0.1) is 0 Å². The first kappa shape index (κ1) is 9.98. The molecule has 1 heterocycles. The van der Waals surface area contributed by atoms with E-state index in [1.165, 1.54) is 0 Å². The molecule has 2 amide bonds. The third-order valence-corrected chi connectivity index (χ3v) is 1.96. The maximum atomic E-state index is 10.8. The van der Waals surface area contributed by atoms with Gasteiger partial charge in [-0.3, -0.25) is 0 Å². The summed E-state index contributed by atoms with van der Waals surface area (Å²) in [6.45, 7) is 2.64. The van der Waals surface area contributed by atoms with Crippen LogP contribution < -0.4 is 10.7 Å². The molecule has 1 aliphatic heterocycles. The van der Waals surface area contributed by atoms with Gasteiger partial charge in [0.2, 0.25) is 0 Å². The van der Waals surface area contributed by atoms with E-state index in [-0.39, 0.29) is 12.1 Å². The number of ether oxygens (including phenoxy) is 1. The number of carbonyl (C=O) groups is 1. The van der Waals surface area contributed by atoms with Crippen molar-refractivity contribution in [3.8, 4) is 0 Å². The van der Waals surface area contributed by atoms with E-state index in [1.54, 1.807) is 7.05 Å². The van der Waals surface area contributed by atoms with Crippen molar-refractivity contribution in [2.24, 2.45) is 5.10 Å². The van der Waals surface area contributed by atoms with Gasteiger partial charge in [0.25, 0.3) is 0 Å². The van der Waals surface area contributed by atoms with Gasteiger partial charge < -0.3 is 10.1 Å². The highest BCUT2D eigenvalue weighted by atomic mass is 16.5. The van der Waals surface area contributed by atoms with Crippen molar-refractivity contribution >= 4 is 11.7 Å². The molecule has 5 nitrogen and oxygen atoms in total. The van der Waals surface area contributed by atoms with Crippen LogP contribution in [0.3, 0.4) is 0 Å². The van der Waals surface area contributed by atoms with Gasteiger partial charge in [-0.2, -0.15) is 5.10 Å². The second kappa shape index (κ2) is 4.81. The number of amides is 2. The Hall–Kier alpha value is -1.10. The van der Waals surface area contributed by atoms with Crippen molar-refractivity contribution in [1.29, 1.82) is 0 Å². The van der Waals surface area contributed by atoms with E-state index in [1.807, 2.05) is 6.92 Å². The number of nitrogens with one attached hydrogen (secondary N) is 2. The molecule has 1 aliphatic rings. The molecule has 5 heteroatoms. The van der Waals surface area contributed by atoms with Crippen LogP contribution in [-0.2, 0) is 4.74 Å². The highest BCUT2D eigenvalue weighted by Crippen LogP contribution is 2.12. The van der Waals surface area contributed by atoms with Crippen molar-refractivity contribution in [2.45, 2.75) is 25.9 Å². The van der Waals surface area contributed by atoms with Crippen molar-refractivity contribution in [3.63, 3.8) is 0 Å². The topological polar surface area (TPSA) is 62.7 Å². The number of carbonyl (C=O) groups excluding carboxylic acids is 1. The lowest BCUT2D eigenvalue weighted by molar-refractivity contribution is 0.157. The molecule has 1 atom stereocenters. The van der Waals surface area contributed by atoms with E-state index < -0.39 is 0 Å². The monoisotopic (exact) mass is 185 g/mol. The maximum Gasteiger partial charge on any atom is 0.334 e. The number of urea groups is 1. The fourth-order valence-corrected chi connectivity index (χ4v) is 1.17. The average molecular weight is 185 g/mol. The minimum absolute atomic E-state index is 0.0807. The minimum atomic E-state index is -0.308. The van der Waals surface area contributed by atoms with Gasteiger partial charge in [-0.1, -0.05) is 0 Å². The summed E-state index contributed by atoms with van der Waals surface area (Å²) >= 11 is 0. The van der Waals surface area contributed by atoms with E-state index in [0.29, 0.717) is 0 Å². The SMILES string of the molecule is CNC(=O)N/N=C(\C)C1CCCO1. The van der Waals surface area contributed by atoms with Gasteiger partial charge in [0.15, 0.2) is 0 Å². The molecule has 0 aliphatic carbocycles. The fraction of sp³-hybridized carbons (Fsp3) is 0.750. The normalized spacial score (nSPS) is 22.9. The van der Waals surface area contributed by atoms with Crippen molar-refractivity contribution < 1.29 is 9.53 Å². The van der Waals surface area contributed by atoms with E-state index in [4.69, 9.17) is 4.74 Å². The second-order valence-corrected chi connectivity index (χ2v) is 2.95. The van der Waals surface area contributed by atoms with Gasteiger partial charge in [-0.05, 0) is 19.8 Å². The lowest BCUT2D eigenvalue weighted by Crippen LogP contribution is -2.31. The highest BCUT2D eigenvalue weighted by Gasteiger charge is 2.18. The molecule has 1 unspecified atom stereocenters. The van der Waals surface area contributed by atoms with Crippen LogP contribution in [0.5, 0.6) is 0 Å². The predicted molar refractivity (Wildman–Crippen MR) is 49.7 cm³/mol. The average Bonchev–Trinajstić information content (AvgIpc) is 2.66. The maximum absolute atomic E-state index is 10.8. The van der Waals surface area contributed by atoms with Crippen LogP contribution in [0.2, 0.25) is 0 Å². The number of rotatable bonds is 2. The molecule has 0 spiro atoms. The first-order chi connectivity index (χ1) is 6.24. The number of nitrogens with zero attached hydrogens (tertiary/aromatic N) is 1. The molecule has 1 saturated heterocycles.